The second-order valence-electron chi connectivity index (χ2n) is 9.71. The number of methoxy groups -OCH3 is 1. The zero-order valence-electron chi connectivity index (χ0n) is 21.6. The van der Waals surface area contributed by atoms with Gasteiger partial charge in [-0.2, -0.15) is 18.3 Å². The summed E-state index contributed by atoms with van der Waals surface area (Å²) >= 11 is 0. The van der Waals surface area contributed by atoms with Crippen molar-refractivity contribution in [3.8, 4) is 5.82 Å². The fraction of sp³-hybridized carbons (Fsp3) is 0.429. The highest BCUT2D eigenvalue weighted by Crippen LogP contribution is 2.42. The molecule has 1 unspecified atom stereocenters. The maximum Gasteiger partial charge on any atom is 0.417 e. The van der Waals surface area contributed by atoms with Crippen LogP contribution >= 0.6 is 0 Å². The summed E-state index contributed by atoms with van der Waals surface area (Å²) in [6, 6.07) is 9.52. The highest BCUT2D eigenvalue weighted by molar-refractivity contribution is 5.94. The topological polar surface area (TPSA) is 106 Å². The van der Waals surface area contributed by atoms with Crippen LogP contribution in [0.2, 0.25) is 0 Å². The molecule has 0 radical (unpaired) electrons. The van der Waals surface area contributed by atoms with Crippen LogP contribution in [-0.4, -0.2) is 45.4 Å². The molecule has 8 nitrogen and oxygen atoms in total. The van der Waals surface area contributed by atoms with Crippen molar-refractivity contribution < 1.29 is 32.6 Å². The quantitative estimate of drug-likeness (QED) is 0.357. The lowest BCUT2D eigenvalue weighted by molar-refractivity contribution is -0.138. The van der Waals surface area contributed by atoms with Crippen LogP contribution in [0.4, 0.5) is 13.2 Å². The van der Waals surface area contributed by atoms with E-state index in [1.165, 1.54) is 17.2 Å². The molecule has 1 atom stereocenters. The van der Waals surface area contributed by atoms with Crippen molar-refractivity contribution in [2.75, 3.05) is 13.7 Å². The molecular formula is C28H31F3N4O4. The van der Waals surface area contributed by atoms with Crippen LogP contribution in [0.1, 0.15) is 77.2 Å². The molecule has 0 aliphatic heterocycles. The van der Waals surface area contributed by atoms with Crippen LogP contribution in [0.25, 0.3) is 5.82 Å². The molecule has 2 N–H and O–H groups in total. The first-order chi connectivity index (χ1) is 18.7. The Bertz CT molecular complexity index is 1270. The van der Waals surface area contributed by atoms with Gasteiger partial charge in [0.15, 0.2) is 5.82 Å². The first-order valence-electron chi connectivity index (χ1n) is 12.9. The van der Waals surface area contributed by atoms with Gasteiger partial charge in [-0.3, -0.25) is 9.59 Å². The third kappa shape index (κ3) is 7.03. The fourth-order valence-electron chi connectivity index (χ4n) is 5.14. The number of carboxylic acids is 1. The number of ether oxygens (including phenoxy) is 1. The average molecular weight is 545 g/mol. The molecular weight excluding hydrogens is 513 g/mol. The Hall–Kier alpha value is -3.73. The number of benzene rings is 1. The standard InChI is InChI=1S/C28H31F3N4O4/c1-39-17-23-22(16-35(34-23)24-12-11-21(15-33-24)28(29,30)31)26(18-5-3-2-4-6-18)19-7-9-20(10-8-19)27(38)32-14-13-25(36)37/h7-12,15-16,18,26H,2-6,13-14,17H2,1H3,(H,32,38)(H,36,37). The predicted molar refractivity (Wildman–Crippen MR) is 137 cm³/mol. The number of amides is 1. The van der Waals surface area contributed by atoms with Gasteiger partial charge in [0.1, 0.15) is 0 Å². The van der Waals surface area contributed by atoms with Crippen LogP contribution < -0.4 is 5.32 Å². The number of nitrogens with one attached hydrogen (secondary N) is 1. The molecule has 11 heteroatoms. The van der Waals surface area contributed by atoms with E-state index in [1.54, 1.807) is 19.2 Å². The Balaban J connectivity index is 1.67. The fourth-order valence-corrected chi connectivity index (χ4v) is 5.14. The summed E-state index contributed by atoms with van der Waals surface area (Å²) in [6.07, 6.45) is 3.36. The van der Waals surface area contributed by atoms with Gasteiger partial charge in [0.2, 0.25) is 0 Å². The summed E-state index contributed by atoms with van der Waals surface area (Å²) in [5.74, 6) is -0.828. The second-order valence-corrected chi connectivity index (χ2v) is 9.71. The first kappa shape index (κ1) is 28.3. The summed E-state index contributed by atoms with van der Waals surface area (Å²) in [5, 5.41) is 16.0. The maximum absolute atomic E-state index is 13.0. The van der Waals surface area contributed by atoms with Crippen LogP contribution in [0, 0.1) is 5.92 Å². The van der Waals surface area contributed by atoms with Gasteiger partial charge in [-0.25, -0.2) is 9.67 Å². The molecule has 1 amide bonds. The average Bonchev–Trinajstić information content (AvgIpc) is 3.32. The number of rotatable bonds is 10. The number of aliphatic carboxylic acids is 1. The molecule has 208 valence electrons. The van der Waals surface area contributed by atoms with Gasteiger partial charge in [0, 0.05) is 43.1 Å². The number of carbonyl (C=O) groups excluding carboxylic acids is 1. The van der Waals surface area contributed by atoms with Gasteiger partial charge in [0.25, 0.3) is 5.91 Å². The molecule has 0 saturated heterocycles. The molecule has 4 rings (SSSR count). The number of hydrogen-bond acceptors (Lipinski definition) is 5. The highest BCUT2D eigenvalue weighted by Gasteiger charge is 2.32. The zero-order chi connectivity index (χ0) is 28.0. The third-order valence-corrected chi connectivity index (χ3v) is 7.03. The lowest BCUT2D eigenvalue weighted by atomic mass is 9.73. The Kier molecular flexibility index (Phi) is 9.01. The third-order valence-electron chi connectivity index (χ3n) is 7.03. The number of pyridine rings is 1. The first-order valence-corrected chi connectivity index (χ1v) is 12.9. The Morgan fingerprint density at radius 2 is 1.85 bits per heavy atom. The van der Waals surface area contributed by atoms with Gasteiger partial charge < -0.3 is 15.2 Å². The van der Waals surface area contributed by atoms with Crippen LogP contribution in [0.5, 0.6) is 0 Å². The second kappa shape index (κ2) is 12.4. The van der Waals surface area contributed by atoms with Gasteiger partial charge in [-0.1, -0.05) is 31.4 Å². The molecule has 1 fully saturated rings. The minimum absolute atomic E-state index is 0.0398. The van der Waals surface area contributed by atoms with E-state index in [9.17, 15) is 22.8 Å². The summed E-state index contributed by atoms with van der Waals surface area (Å²) in [5.41, 5.74) is 2.16. The molecule has 0 bridgehead atoms. The Morgan fingerprint density at radius 1 is 1.13 bits per heavy atom. The van der Waals surface area contributed by atoms with E-state index in [0.717, 1.165) is 49.1 Å². The Labute approximate surface area is 224 Å². The van der Waals surface area contributed by atoms with E-state index in [-0.39, 0.29) is 37.2 Å². The van der Waals surface area contributed by atoms with E-state index in [2.05, 4.69) is 15.4 Å². The summed E-state index contributed by atoms with van der Waals surface area (Å²) < 4.78 is 46.0. The molecule has 1 aliphatic carbocycles. The largest absolute Gasteiger partial charge is 0.481 e. The molecule has 3 aromatic rings. The predicted octanol–water partition coefficient (Wildman–Crippen LogP) is 5.35. The van der Waals surface area contributed by atoms with E-state index in [4.69, 9.17) is 9.84 Å². The van der Waals surface area contributed by atoms with Crippen molar-refractivity contribution in [3.05, 3.63) is 76.7 Å². The summed E-state index contributed by atoms with van der Waals surface area (Å²) in [7, 11) is 1.56. The van der Waals surface area contributed by atoms with Crippen molar-refractivity contribution in [3.63, 3.8) is 0 Å². The lowest BCUT2D eigenvalue weighted by Crippen LogP contribution is -2.26. The SMILES string of the molecule is COCc1nn(-c2ccc(C(F)(F)F)cn2)cc1C(c1ccc(C(=O)NCCC(=O)O)cc1)C1CCCCC1. The van der Waals surface area contributed by atoms with E-state index < -0.39 is 17.7 Å². The number of carbonyl (C=O) groups is 2. The number of halogens is 3. The maximum atomic E-state index is 13.0. The van der Waals surface area contributed by atoms with Crippen molar-refractivity contribution in [2.45, 2.75) is 57.2 Å². The molecule has 2 aromatic heterocycles. The van der Waals surface area contributed by atoms with Crippen molar-refractivity contribution >= 4 is 11.9 Å². The van der Waals surface area contributed by atoms with Gasteiger partial charge in [-0.15, -0.1) is 0 Å². The van der Waals surface area contributed by atoms with Crippen molar-refractivity contribution in [2.24, 2.45) is 5.92 Å². The van der Waals surface area contributed by atoms with E-state index in [1.807, 2.05) is 18.3 Å². The molecule has 1 aromatic carbocycles. The minimum atomic E-state index is -4.48. The smallest absolute Gasteiger partial charge is 0.417 e. The number of nitrogens with zero attached hydrogens (tertiary/aromatic N) is 3. The molecule has 1 saturated carbocycles. The number of hydrogen-bond donors (Lipinski definition) is 2. The highest BCUT2D eigenvalue weighted by atomic mass is 19.4. The molecule has 2 heterocycles. The van der Waals surface area contributed by atoms with Crippen LogP contribution in [0.15, 0.2) is 48.8 Å². The van der Waals surface area contributed by atoms with Gasteiger partial charge in [0.05, 0.1) is 24.3 Å². The number of aromatic nitrogens is 3. The van der Waals surface area contributed by atoms with Crippen LogP contribution in [-0.2, 0) is 22.3 Å². The van der Waals surface area contributed by atoms with Gasteiger partial charge >= 0.3 is 12.1 Å². The molecule has 0 spiro atoms. The van der Waals surface area contributed by atoms with Crippen LogP contribution in [0.3, 0.4) is 0 Å². The Morgan fingerprint density at radius 3 is 2.44 bits per heavy atom. The van der Waals surface area contributed by atoms with Crippen molar-refractivity contribution in [1.82, 2.24) is 20.1 Å². The van der Waals surface area contributed by atoms with Crippen molar-refractivity contribution in [1.29, 1.82) is 0 Å². The normalized spacial score (nSPS) is 15.2. The molecule has 1 aliphatic rings. The summed E-state index contributed by atoms with van der Waals surface area (Å²) in [4.78, 5) is 27.2. The minimum Gasteiger partial charge on any atom is -0.481 e. The lowest BCUT2D eigenvalue weighted by Gasteiger charge is -2.31. The zero-order valence-corrected chi connectivity index (χ0v) is 21.6. The summed E-state index contributed by atoms with van der Waals surface area (Å²) in [6.45, 7) is 0.258. The number of alkyl halides is 3. The number of carboxylic acid groups (broad SMARTS) is 1. The van der Waals surface area contributed by atoms with E-state index >= 15 is 0 Å². The van der Waals surface area contributed by atoms with Gasteiger partial charge in [-0.05, 0) is 48.6 Å². The molecule has 39 heavy (non-hydrogen) atoms. The monoisotopic (exact) mass is 544 g/mol. The van der Waals surface area contributed by atoms with E-state index in [0.29, 0.717) is 17.2 Å².